The SMILES string of the molecule is Cc1cc[n+](CC(=O)NCCC[N+](C)(C)CC(=O)O)cc1. The molecule has 0 aliphatic rings. The Hall–Kier alpha value is -1.95. The van der Waals surface area contributed by atoms with Gasteiger partial charge in [-0.25, -0.2) is 4.79 Å². The molecule has 0 spiro atoms. The first kappa shape index (κ1) is 17.1. The number of carbonyl (C=O) groups is 2. The fourth-order valence-electron chi connectivity index (χ4n) is 2.04. The Balaban J connectivity index is 2.24. The Morgan fingerprint density at radius 3 is 2.48 bits per heavy atom. The zero-order valence-electron chi connectivity index (χ0n) is 13.0. The van der Waals surface area contributed by atoms with E-state index in [-0.39, 0.29) is 12.5 Å². The Labute approximate surface area is 125 Å². The van der Waals surface area contributed by atoms with Crippen molar-refractivity contribution in [3.63, 3.8) is 0 Å². The maximum Gasteiger partial charge on any atom is 0.359 e. The van der Waals surface area contributed by atoms with Gasteiger partial charge in [-0.1, -0.05) is 0 Å². The molecule has 116 valence electrons. The van der Waals surface area contributed by atoms with Crippen molar-refractivity contribution in [1.29, 1.82) is 0 Å². The number of aliphatic carboxylic acids is 1. The summed E-state index contributed by atoms with van der Waals surface area (Å²) in [6.07, 6.45) is 4.51. The highest BCUT2D eigenvalue weighted by atomic mass is 16.4. The smallest absolute Gasteiger partial charge is 0.359 e. The average molecular weight is 295 g/mol. The number of carbonyl (C=O) groups excluding carboxylic acids is 1. The molecule has 1 heterocycles. The summed E-state index contributed by atoms with van der Waals surface area (Å²) in [6.45, 7) is 3.67. The molecule has 0 aromatic carbocycles. The molecule has 0 radical (unpaired) electrons. The van der Waals surface area contributed by atoms with Crippen LogP contribution < -0.4 is 9.88 Å². The summed E-state index contributed by atoms with van der Waals surface area (Å²) >= 11 is 0. The van der Waals surface area contributed by atoms with Crippen molar-refractivity contribution in [1.82, 2.24) is 5.32 Å². The highest BCUT2D eigenvalue weighted by molar-refractivity contribution is 5.74. The van der Waals surface area contributed by atoms with Crippen LogP contribution in [0.2, 0.25) is 0 Å². The van der Waals surface area contributed by atoms with E-state index in [4.69, 9.17) is 5.11 Å². The minimum Gasteiger partial charge on any atom is -0.477 e. The van der Waals surface area contributed by atoms with Gasteiger partial charge in [-0.05, 0) is 12.5 Å². The zero-order valence-corrected chi connectivity index (χ0v) is 13.0. The van der Waals surface area contributed by atoms with Gasteiger partial charge in [0.25, 0.3) is 5.91 Å². The fraction of sp³-hybridized carbons (Fsp3) is 0.533. The number of aryl methyl sites for hydroxylation is 1. The van der Waals surface area contributed by atoms with Gasteiger partial charge in [0.15, 0.2) is 18.9 Å². The van der Waals surface area contributed by atoms with Gasteiger partial charge >= 0.3 is 5.97 Å². The number of pyridine rings is 1. The minimum absolute atomic E-state index is 0.0348. The number of quaternary nitrogens is 1. The first-order valence-corrected chi connectivity index (χ1v) is 7.05. The average Bonchev–Trinajstić information content (AvgIpc) is 2.36. The molecule has 0 bridgehead atoms. The van der Waals surface area contributed by atoms with Gasteiger partial charge < -0.3 is 14.9 Å². The van der Waals surface area contributed by atoms with Gasteiger partial charge in [0.2, 0.25) is 6.54 Å². The first-order valence-electron chi connectivity index (χ1n) is 7.05. The first-order chi connectivity index (χ1) is 9.78. The molecule has 1 aromatic heterocycles. The lowest BCUT2D eigenvalue weighted by Gasteiger charge is -2.27. The van der Waals surface area contributed by atoms with E-state index in [0.717, 1.165) is 12.0 Å². The van der Waals surface area contributed by atoms with Gasteiger partial charge in [-0.2, -0.15) is 4.57 Å². The summed E-state index contributed by atoms with van der Waals surface area (Å²) < 4.78 is 2.24. The molecule has 6 heteroatoms. The highest BCUT2D eigenvalue weighted by Gasteiger charge is 2.19. The molecule has 1 amide bonds. The van der Waals surface area contributed by atoms with Gasteiger partial charge in [0.1, 0.15) is 0 Å². The van der Waals surface area contributed by atoms with Gasteiger partial charge in [0, 0.05) is 25.1 Å². The summed E-state index contributed by atoms with van der Waals surface area (Å²) in [6, 6.07) is 3.92. The van der Waals surface area contributed by atoms with Gasteiger partial charge in [-0.3, -0.25) is 4.79 Å². The molecule has 0 atom stereocenters. The molecular weight excluding hydrogens is 270 g/mol. The summed E-state index contributed by atoms with van der Waals surface area (Å²) in [5.74, 6) is -0.841. The lowest BCUT2D eigenvalue weighted by atomic mass is 10.3. The van der Waals surface area contributed by atoms with Crippen LogP contribution in [-0.2, 0) is 16.1 Å². The maximum atomic E-state index is 11.8. The van der Waals surface area contributed by atoms with E-state index in [1.54, 1.807) is 0 Å². The number of nitrogens with one attached hydrogen (secondary N) is 1. The Morgan fingerprint density at radius 1 is 1.29 bits per heavy atom. The number of likely N-dealkylation sites (N-methyl/N-ethyl adjacent to an activating group) is 1. The van der Waals surface area contributed by atoms with E-state index in [2.05, 4.69) is 5.32 Å². The Morgan fingerprint density at radius 2 is 1.90 bits per heavy atom. The normalized spacial score (nSPS) is 11.2. The van der Waals surface area contributed by atoms with Crippen LogP contribution in [0.25, 0.3) is 0 Å². The topological polar surface area (TPSA) is 70.3 Å². The second kappa shape index (κ2) is 7.73. The third-order valence-electron chi connectivity index (χ3n) is 3.21. The summed E-state index contributed by atoms with van der Waals surface area (Å²) in [4.78, 5) is 22.5. The molecule has 21 heavy (non-hydrogen) atoms. The van der Waals surface area contributed by atoms with Crippen molar-refractivity contribution in [2.24, 2.45) is 0 Å². The molecule has 1 rings (SSSR count). The number of aromatic nitrogens is 1. The quantitative estimate of drug-likeness (QED) is 0.401. The number of hydrogen-bond donors (Lipinski definition) is 2. The maximum absolute atomic E-state index is 11.8. The number of hydrogen-bond acceptors (Lipinski definition) is 2. The van der Waals surface area contributed by atoms with Gasteiger partial charge in [0.05, 0.1) is 20.6 Å². The standard InChI is InChI=1S/C15H23N3O3/c1-13-5-8-17(9-6-13)11-14(19)16-7-4-10-18(2,3)12-15(20)21/h5-6,8-9H,4,7,10-12H2,1-3H3/p+2. The molecule has 0 aliphatic heterocycles. The third-order valence-corrected chi connectivity index (χ3v) is 3.21. The second-order valence-corrected chi connectivity index (χ2v) is 5.96. The number of nitrogens with zero attached hydrogens (tertiary/aromatic N) is 2. The van der Waals surface area contributed by atoms with Gasteiger partial charge in [-0.15, -0.1) is 0 Å². The Bertz CT molecular complexity index is 483. The molecule has 6 nitrogen and oxygen atoms in total. The van der Waals surface area contributed by atoms with E-state index in [1.165, 1.54) is 0 Å². The van der Waals surface area contributed by atoms with Crippen LogP contribution in [0.15, 0.2) is 24.5 Å². The van der Waals surface area contributed by atoms with E-state index in [0.29, 0.717) is 24.1 Å². The van der Waals surface area contributed by atoms with Crippen molar-refractivity contribution in [2.45, 2.75) is 19.9 Å². The van der Waals surface area contributed by atoms with Crippen LogP contribution in [-0.4, -0.2) is 55.2 Å². The summed E-state index contributed by atoms with van der Waals surface area (Å²) in [5, 5.41) is 11.6. The van der Waals surface area contributed by atoms with Crippen molar-refractivity contribution < 1.29 is 23.7 Å². The van der Waals surface area contributed by atoms with Crippen LogP contribution >= 0.6 is 0 Å². The second-order valence-electron chi connectivity index (χ2n) is 5.96. The zero-order chi connectivity index (χ0) is 15.9. The van der Waals surface area contributed by atoms with Crippen molar-refractivity contribution in [3.8, 4) is 0 Å². The number of rotatable bonds is 8. The van der Waals surface area contributed by atoms with E-state index in [1.807, 2.05) is 50.1 Å². The predicted octanol–water partition coefficient (Wildman–Crippen LogP) is -0.0502. The molecular formula is C15H25N3O3+2. The van der Waals surface area contributed by atoms with Crippen LogP contribution in [0.5, 0.6) is 0 Å². The molecule has 0 fully saturated rings. The molecule has 2 N–H and O–H groups in total. The van der Waals surface area contributed by atoms with E-state index >= 15 is 0 Å². The van der Waals surface area contributed by atoms with Crippen molar-refractivity contribution >= 4 is 11.9 Å². The monoisotopic (exact) mass is 295 g/mol. The highest BCUT2D eigenvalue weighted by Crippen LogP contribution is 1.98. The molecule has 1 aromatic rings. The predicted molar refractivity (Wildman–Crippen MR) is 78.5 cm³/mol. The molecule has 0 aliphatic carbocycles. The summed E-state index contributed by atoms with van der Waals surface area (Å²) in [5.41, 5.74) is 1.16. The molecule has 0 saturated heterocycles. The largest absolute Gasteiger partial charge is 0.477 e. The minimum atomic E-state index is -0.806. The number of carboxylic acid groups (broad SMARTS) is 1. The summed E-state index contributed by atoms with van der Waals surface area (Å²) in [7, 11) is 3.75. The van der Waals surface area contributed by atoms with Crippen molar-refractivity contribution in [3.05, 3.63) is 30.1 Å². The lowest BCUT2D eigenvalue weighted by molar-refractivity contribution is -0.883. The molecule has 0 saturated carbocycles. The lowest BCUT2D eigenvalue weighted by Crippen LogP contribution is -2.46. The van der Waals surface area contributed by atoms with Crippen LogP contribution in [0, 0.1) is 6.92 Å². The number of amides is 1. The molecule has 0 unspecified atom stereocenters. The van der Waals surface area contributed by atoms with Crippen LogP contribution in [0.1, 0.15) is 12.0 Å². The van der Waals surface area contributed by atoms with Crippen LogP contribution in [0.4, 0.5) is 0 Å². The van der Waals surface area contributed by atoms with Crippen molar-refractivity contribution in [2.75, 3.05) is 33.7 Å². The number of carboxylic acids is 1. The fourth-order valence-corrected chi connectivity index (χ4v) is 2.04. The van der Waals surface area contributed by atoms with E-state index in [9.17, 15) is 9.59 Å². The Kier molecular flexibility index (Phi) is 6.30. The van der Waals surface area contributed by atoms with Crippen LogP contribution in [0.3, 0.4) is 0 Å². The van der Waals surface area contributed by atoms with E-state index < -0.39 is 5.97 Å². The third kappa shape index (κ3) is 7.41.